The Hall–Kier alpha value is -2.69. The minimum absolute atomic E-state index is 0.0117. The standard InChI is InChI=1S/C20H16BrN5O3S/c21-13-3-1-12(2-4-13)16-6-5-14(29-16)11-15-17(22)26-19(23-18(15)27)30-20(24-26)25-7-9-28-10-8-25/h1-6,11,22H,7-10H2/b15-11-,22-17?. The number of amidine groups is 3. The minimum atomic E-state index is -0.473. The number of amides is 1. The number of carbonyl (C=O) groups is 1. The smallest absolute Gasteiger partial charge is 0.283 e. The van der Waals surface area contributed by atoms with Gasteiger partial charge in [0.15, 0.2) is 11.0 Å². The number of aliphatic imine (C=N–C) groups is 1. The minimum Gasteiger partial charge on any atom is -0.457 e. The molecule has 3 aliphatic heterocycles. The number of carbonyl (C=O) groups excluding carboxylic acids is 1. The monoisotopic (exact) mass is 485 g/mol. The lowest BCUT2D eigenvalue weighted by atomic mass is 10.1. The van der Waals surface area contributed by atoms with Crippen LogP contribution in [0.25, 0.3) is 17.4 Å². The van der Waals surface area contributed by atoms with Gasteiger partial charge in [-0.25, -0.2) is 0 Å². The molecule has 10 heteroatoms. The number of furan rings is 1. The predicted octanol–water partition coefficient (Wildman–Crippen LogP) is 3.62. The molecule has 30 heavy (non-hydrogen) atoms. The first-order valence-electron chi connectivity index (χ1n) is 9.27. The lowest BCUT2D eigenvalue weighted by Gasteiger charge is -2.26. The van der Waals surface area contributed by atoms with Crippen molar-refractivity contribution in [1.29, 1.82) is 5.41 Å². The molecule has 1 amide bonds. The average Bonchev–Trinajstić information content (AvgIpc) is 3.40. The van der Waals surface area contributed by atoms with Crippen molar-refractivity contribution in [2.75, 3.05) is 26.3 Å². The van der Waals surface area contributed by atoms with Crippen LogP contribution in [0.4, 0.5) is 0 Å². The van der Waals surface area contributed by atoms with E-state index in [2.05, 4.69) is 30.9 Å². The van der Waals surface area contributed by atoms with Crippen molar-refractivity contribution in [2.24, 2.45) is 10.1 Å². The quantitative estimate of drug-likeness (QED) is 0.652. The second kappa shape index (κ2) is 7.86. The maximum atomic E-state index is 12.6. The molecule has 1 N–H and O–H groups in total. The fourth-order valence-corrected chi connectivity index (χ4v) is 4.42. The highest BCUT2D eigenvalue weighted by Gasteiger charge is 2.37. The third kappa shape index (κ3) is 3.62. The largest absolute Gasteiger partial charge is 0.457 e. The van der Waals surface area contributed by atoms with E-state index in [1.165, 1.54) is 16.8 Å². The fraction of sp³-hybridized carbons (Fsp3) is 0.200. The van der Waals surface area contributed by atoms with Crippen molar-refractivity contribution in [1.82, 2.24) is 9.91 Å². The first-order valence-corrected chi connectivity index (χ1v) is 10.9. The summed E-state index contributed by atoms with van der Waals surface area (Å²) < 4.78 is 12.2. The van der Waals surface area contributed by atoms with Crippen molar-refractivity contribution in [3.8, 4) is 11.3 Å². The molecule has 0 aliphatic carbocycles. The molecular weight excluding hydrogens is 470 g/mol. The molecule has 152 valence electrons. The van der Waals surface area contributed by atoms with E-state index in [4.69, 9.17) is 14.6 Å². The summed E-state index contributed by atoms with van der Waals surface area (Å²) in [5.41, 5.74) is 1.06. The summed E-state index contributed by atoms with van der Waals surface area (Å²) in [6.07, 6.45) is 1.54. The normalized spacial score (nSPS) is 20.5. The summed E-state index contributed by atoms with van der Waals surface area (Å²) >= 11 is 4.71. The summed E-state index contributed by atoms with van der Waals surface area (Å²) in [6, 6.07) is 11.3. The van der Waals surface area contributed by atoms with Crippen molar-refractivity contribution >= 4 is 55.8 Å². The molecule has 3 aliphatic rings. The number of benzene rings is 1. The van der Waals surface area contributed by atoms with E-state index in [9.17, 15) is 4.79 Å². The molecule has 4 heterocycles. The highest BCUT2D eigenvalue weighted by molar-refractivity contribution is 9.10. The van der Waals surface area contributed by atoms with E-state index >= 15 is 0 Å². The zero-order valence-corrected chi connectivity index (χ0v) is 18.1. The van der Waals surface area contributed by atoms with Gasteiger partial charge in [0.25, 0.3) is 5.91 Å². The van der Waals surface area contributed by atoms with Gasteiger partial charge in [-0.15, -0.1) is 5.10 Å². The Morgan fingerprint density at radius 1 is 1.10 bits per heavy atom. The molecular formula is C20H16BrN5O3S. The van der Waals surface area contributed by atoms with Gasteiger partial charge < -0.3 is 14.1 Å². The third-order valence-electron chi connectivity index (χ3n) is 4.77. The Kier molecular flexibility index (Phi) is 5.05. The second-order valence-electron chi connectivity index (χ2n) is 6.71. The van der Waals surface area contributed by atoms with Gasteiger partial charge in [-0.2, -0.15) is 10.0 Å². The van der Waals surface area contributed by atoms with Crippen molar-refractivity contribution in [2.45, 2.75) is 0 Å². The van der Waals surface area contributed by atoms with Gasteiger partial charge in [0.2, 0.25) is 5.17 Å². The van der Waals surface area contributed by atoms with Crippen LogP contribution >= 0.6 is 27.7 Å². The zero-order chi connectivity index (χ0) is 20.7. The number of thioether (sulfide) groups is 1. The number of fused-ring (bicyclic) bond motifs is 1. The Morgan fingerprint density at radius 3 is 2.63 bits per heavy atom. The van der Waals surface area contributed by atoms with Crippen LogP contribution in [-0.4, -0.2) is 58.3 Å². The third-order valence-corrected chi connectivity index (χ3v) is 6.27. The SMILES string of the molecule is N=C1/C(=C/c2ccc(-c3ccc(Br)cc3)o2)C(=O)N=C2SC(N3CCOCC3)=NN12. The molecule has 0 atom stereocenters. The highest BCUT2D eigenvalue weighted by Crippen LogP contribution is 2.31. The van der Waals surface area contributed by atoms with E-state index in [0.717, 1.165) is 28.3 Å². The van der Waals surface area contributed by atoms with Gasteiger partial charge in [-0.3, -0.25) is 10.2 Å². The van der Waals surface area contributed by atoms with Gasteiger partial charge in [0, 0.05) is 23.1 Å². The number of nitrogens with one attached hydrogen (secondary N) is 1. The average molecular weight is 486 g/mol. The molecule has 1 saturated heterocycles. The number of hydrogen-bond acceptors (Lipinski definition) is 7. The van der Waals surface area contributed by atoms with Gasteiger partial charge in [0.1, 0.15) is 11.5 Å². The molecule has 0 radical (unpaired) electrons. The molecule has 0 saturated carbocycles. The van der Waals surface area contributed by atoms with E-state index in [1.54, 1.807) is 12.1 Å². The molecule has 5 rings (SSSR count). The van der Waals surface area contributed by atoms with Crippen molar-refractivity contribution < 1.29 is 13.9 Å². The Balaban J connectivity index is 1.40. The topological polar surface area (TPSA) is 94.5 Å². The van der Waals surface area contributed by atoms with Crippen LogP contribution in [0.2, 0.25) is 0 Å². The maximum Gasteiger partial charge on any atom is 0.283 e. The summed E-state index contributed by atoms with van der Waals surface area (Å²) in [6.45, 7) is 2.71. The molecule has 2 aromatic rings. The first-order chi connectivity index (χ1) is 14.6. The molecule has 0 bridgehead atoms. The van der Waals surface area contributed by atoms with Crippen LogP contribution in [-0.2, 0) is 9.53 Å². The van der Waals surface area contributed by atoms with Gasteiger partial charge in [0.05, 0.1) is 18.8 Å². The highest BCUT2D eigenvalue weighted by atomic mass is 79.9. The lowest BCUT2D eigenvalue weighted by Crippen LogP contribution is -2.39. The van der Waals surface area contributed by atoms with Gasteiger partial charge in [-0.05, 0) is 42.1 Å². The molecule has 8 nitrogen and oxygen atoms in total. The van der Waals surface area contributed by atoms with E-state index in [-0.39, 0.29) is 11.4 Å². The van der Waals surface area contributed by atoms with Crippen LogP contribution in [0.5, 0.6) is 0 Å². The second-order valence-corrected chi connectivity index (χ2v) is 8.56. The van der Waals surface area contributed by atoms with E-state index < -0.39 is 5.91 Å². The van der Waals surface area contributed by atoms with E-state index in [1.807, 2.05) is 30.3 Å². The molecule has 0 spiro atoms. The Labute approximate surface area is 184 Å². The number of hydrazone groups is 1. The molecule has 0 unspecified atom stereocenters. The summed E-state index contributed by atoms with van der Waals surface area (Å²) in [7, 11) is 0. The van der Waals surface area contributed by atoms with Crippen LogP contribution in [0.3, 0.4) is 0 Å². The number of halogens is 1. The summed E-state index contributed by atoms with van der Waals surface area (Å²) in [5.74, 6) is 0.669. The number of rotatable bonds is 2. The molecule has 1 aromatic carbocycles. The van der Waals surface area contributed by atoms with E-state index in [0.29, 0.717) is 29.9 Å². The summed E-state index contributed by atoms with van der Waals surface area (Å²) in [4.78, 5) is 18.8. The maximum absolute atomic E-state index is 12.6. The Morgan fingerprint density at radius 2 is 1.87 bits per heavy atom. The van der Waals surface area contributed by atoms with Crippen LogP contribution in [0.1, 0.15) is 5.76 Å². The zero-order valence-electron chi connectivity index (χ0n) is 15.7. The molecule has 1 aromatic heterocycles. The lowest BCUT2D eigenvalue weighted by molar-refractivity contribution is -0.114. The summed E-state index contributed by atoms with van der Waals surface area (Å²) in [5, 5.41) is 15.5. The van der Waals surface area contributed by atoms with Gasteiger partial charge in [-0.1, -0.05) is 28.1 Å². The van der Waals surface area contributed by atoms with Gasteiger partial charge >= 0.3 is 0 Å². The van der Waals surface area contributed by atoms with Crippen LogP contribution in [0.15, 0.2) is 61.0 Å². The predicted molar refractivity (Wildman–Crippen MR) is 119 cm³/mol. The number of hydrogen-bond donors (Lipinski definition) is 1. The molecule has 1 fully saturated rings. The number of nitrogens with zero attached hydrogens (tertiary/aromatic N) is 4. The fourth-order valence-electron chi connectivity index (χ4n) is 3.21. The number of morpholine rings is 1. The van der Waals surface area contributed by atoms with Crippen molar-refractivity contribution in [3.63, 3.8) is 0 Å². The van der Waals surface area contributed by atoms with Crippen LogP contribution < -0.4 is 0 Å². The Bertz CT molecular complexity index is 1120. The first kappa shape index (κ1) is 19.3. The van der Waals surface area contributed by atoms with Crippen LogP contribution in [0, 0.1) is 5.41 Å². The number of ether oxygens (including phenoxy) is 1. The van der Waals surface area contributed by atoms with Crippen molar-refractivity contribution in [3.05, 3.63) is 52.2 Å².